The van der Waals surface area contributed by atoms with Crippen LogP contribution in [0.5, 0.6) is 5.75 Å². The highest BCUT2D eigenvalue weighted by Gasteiger charge is 2.06. The summed E-state index contributed by atoms with van der Waals surface area (Å²) in [4.78, 5) is 0. The van der Waals surface area contributed by atoms with Gasteiger partial charge in [0.25, 0.3) is 0 Å². The number of benzene rings is 1. The molecule has 1 rings (SSSR count). The van der Waals surface area contributed by atoms with E-state index < -0.39 is 10.0 Å². The van der Waals surface area contributed by atoms with E-state index in [9.17, 15) is 8.42 Å². The summed E-state index contributed by atoms with van der Waals surface area (Å²) in [5.74, 6) is 0.651. The van der Waals surface area contributed by atoms with E-state index in [-0.39, 0.29) is 12.4 Å². The fraction of sp³-hybridized carbons (Fsp3) is 0.417. The predicted molar refractivity (Wildman–Crippen MR) is 72.1 cm³/mol. The Balaban J connectivity index is 2.47. The first kappa shape index (κ1) is 15.4. The van der Waals surface area contributed by atoms with Crippen LogP contribution in [0.3, 0.4) is 0 Å². The van der Waals surface area contributed by atoms with E-state index in [2.05, 4.69) is 10.0 Å². The molecule has 0 radical (unpaired) electrons. The summed E-state index contributed by atoms with van der Waals surface area (Å²) in [7, 11) is -1.80. The second-order valence-corrected chi connectivity index (χ2v) is 5.80. The Morgan fingerprint density at radius 1 is 1.37 bits per heavy atom. The molecule has 0 saturated heterocycles. The van der Waals surface area contributed by atoms with Gasteiger partial charge in [0.2, 0.25) is 10.0 Å². The Morgan fingerprint density at radius 3 is 2.79 bits per heavy atom. The number of ether oxygens (including phenoxy) is 1. The third kappa shape index (κ3) is 5.70. The minimum Gasteiger partial charge on any atom is -0.478 e. The topological polar surface area (TPSA) is 91.2 Å². The summed E-state index contributed by atoms with van der Waals surface area (Å²) in [6, 6.07) is 9.23. The summed E-state index contributed by atoms with van der Waals surface area (Å²) in [5.41, 5.74) is 0.889. The van der Waals surface area contributed by atoms with Gasteiger partial charge in [0, 0.05) is 18.7 Å². The van der Waals surface area contributed by atoms with Gasteiger partial charge < -0.3 is 10.1 Å². The second-order valence-electron chi connectivity index (χ2n) is 3.75. The molecule has 104 valence electrons. The molecule has 6 nitrogen and oxygen atoms in total. The first-order chi connectivity index (χ1) is 9.09. The van der Waals surface area contributed by atoms with E-state index in [1.165, 1.54) is 7.05 Å². The molecule has 0 aliphatic heterocycles. The Kier molecular flexibility index (Phi) is 6.29. The van der Waals surface area contributed by atoms with Crippen molar-refractivity contribution in [2.24, 2.45) is 0 Å². The number of hydrogen-bond acceptors (Lipinski definition) is 5. The number of hydrogen-bond donors (Lipinski definition) is 2. The third-order valence-electron chi connectivity index (χ3n) is 2.44. The van der Waals surface area contributed by atoms with Crippen LogP contribution in [0.1, 0.15) is 5.56 Å². The molecule has 0 unspecified atom stereocenters. The van der Waals surface area contributed by atoms with Gasteiger partial charge in [0.15, 0.2) is 6.61 Å². The minimum atomic E-state index is -3.19. The Morgan fingerprint density at radius 2 is 2.11 bits per heavy atom. The largest absolute Gasteiger partial charge is 0.478 e. The number of sulfonamides is 1. The van der Waals surface area contributed by atoms with Crippen molar-refractivity contribution in [2.75, 3.05) is 26.0 Å². The normalized spacial score (nSPS) is 10.9. The molecule has 0 amide bonds. The van der Waals surface area contributed by atoms with Gasteiger partial charge in [-0.2, -0.15) is 5.26 Å². The van der Waals surface area contributed by atoms with Gasteiger partial charge in [-0.25, -0.2) is 13.1 Å². The monoisotopic (exact) mass is 283 g/mol. The molecule has 0 aromatic heterocycles. The van der Waals surface area contributed by atoms with Gasteiger partial charge in [-0.15, -0.1) is 0 Å². The van der Waals surface area contributed by atoms with E-state index in [4.69, 9.17) is 10.00 Å². The Hall–Kier alpha value is -1.62. The van der Waals surface area contributed by atoms with Gasteiger partial charge >= 0.3 is 0 Å². The van der Waals surface area contributed by atoms with Gasteiger partial charge in [-0.3, -0.25) is 0 Å². The molecule has 0 spiro atoms. The summed E-state index contributed by atoms with van der Waals surface area (Å²) < 4.78 is 29.9. The third-order valence-corrected chi connectivity index (χ3v) is 3.80. The zero-order valence-electron chi connectivity index (χ0n) is 10.7. The summed E-state index contributed by atoms with van der Waals surface area (Å²) >= 11 is 0. The van der Waals surface area contributed by atoms with Crippen molar-refractivity contribution in [2.45, 2.75) is 6.54 Å². The molecule has 1 aromatic rings. The van der Waals surface area contributed by atoms with Crippen LogP contribution in [0.25, 0.3) is 0 Å². The van der Waals surface area contributed by atoms with Gasteiger partial charge in [0.05, 0.1) is 5.75 Å². The smallest absolute Gasteiger partial charge is 0.212 e. The lowest BCUT2D eigenvalue weighted by Crippen LogP contribution is -2.29. The lowest BCUT2D eigenvalue weighted by atomic mass is 10.2. The average Bonchev–Trinajstić information content (AvgIpc) is 2.42. The maximum absolute atomic E-state index is 11.2. The molecular weight excluding hydrogens is 266 g/mol. The molecule has 0 heterocycles. The summed E-state index contributed by atoms with van der Waals surface area (Å²) in [6.07, 6.45) is 0. The fourth-order valence-corrected chi connectivity index (χ4v) is 2.05. The van der Waals surface area contributed by atoms with E-state index in [1.54, 1.807) is 6.07 Å². The van der Waals surface area contributed by atoms with Crippen molar-refractivity contribution in [1.29, 1.82) is 5.26 Å². The van der Waals surface area contributed by atoms with Crippen LogP contribution in [-0.2, 0) is 16.6 Å². The van der Waals surface area contributed by atoms with Crippen molar-refractivity contribution in [3.05, 3.63) is 29.8 Å². The van der Waals surface area contributed by atoms with Crippen LogP contribution in [0.15, 0.2) is 24.3 Å². The number of nitrogens with one attached hydrogen (secondary N) is 2. The number of nitriles is 1. The highest BCUT2D eigenvalue weighted by molar-refractivity contribution is 7.89. The van der Waals surface area contributed by atoms with E-state index in [0.717, 1.165) is 5.56 Å². The fourth-order valence-electron chi connectivity index (χ4n) is 1.43. The lowest BCUT2D eigenvalue weighted by Gasteiger charge is -2.10. The van der Waals surface area contributed by atoms with Crippen molar-refractivity contribution in [1.82, 2.24) is 10.0 Å². The summed E-state index contributed by atoms with van der Waals surface area (Å²) in [6.45, 7) is 0.821. The average molecular weight is 283 g/mol. The van der Waals surface area contributed by atoms with E-state index in [0.29, 0.717) is 18.8 Å². The Labute approximate surface area is 113 Å². The van der Waals surface area contributed by atoms with Crippen LogP contribution in [0.4, 0.5) is 0 Å². The SMILES string of the molecule is CNS(=O)(=O)CCNCc1ccccc1OCC#N. The molecule has 19 heavy (non-hydrogen) atoms. The molecule has 1 aromatic carbocycles. The zero-order chi connectivity index (χ0) is 14.1. The quantitative estimate of drug-likeness (QED) is 0.666. The van der Waals surface area contributed by atoms with Gasteiger partial charge in [-0.1, -0.05) is 18.2 Å². The van der Waals surface area contributed by atoms with Gasteiger partial charge in [0.1, 0.15) is 11.8 Å². The Bertz CT molecular complexity index is 537. The lowest BCUT2D eigenvalue weighted by molar-refractivity contribution is 0.363. The van der Waals surface area contributed by atoms with Crippen LogP contribution < -0.4 is 14.8 Å². The zero-order valence-corrected chi connectivity index (χ0v) is 11.5. The first-order valence-electron chi connectivity index (χ1n) is 5.78. The molecule has 0 atom stereocenters. The molecule has 7 heteroatoms. The van der Waals surface area contributed by atoms with Crippen LogP contribution in [-0.4, -0.2) is 34.4 Å². The maximum atomic E-state index is 11.2. The highest BCUT2D eigenvalue weighted by atomic mass is 32.2. The van der Waals surface area contributed by atoms with Crippen molar-refractivity contribution >= 4 is 10.0 Å². The molecule has 0 fully saturated rings. The first-order valence-corrected chi connectivity index (χ1v) is 7.44. The molecule has 0 aliphatic carbocycles. The predicted octanol–water partition coefficient (Wildman–Crippen LogP) is 0.228. The standard InChI is InChI=1S/C12H17N3O3S/c1-14-19(16,17)9-7-15-10-11-4-2-3-5-12(11)18-8-6-13/h2-5,14-15H,7-10H2,1H3. The second kappa shape index (κ2) is 7.74. The minimum absolute atomic E-state index is 0.00878. The van der Waals surface area contributed by atoms with Gasteiger partial charge in [-0.05, 0) is 13.1 Å². The van der Waals surface area contributed by atoms with E-state index >= 15 is 0 Å². The molecule has 0 saturated carbocycles. The number of rotatable bonds is 8. The van der Waals surface area contributed by atoms with Crippen molar-refractivity contribution < 1.29 is 13.2 Å². The van der Waals surface area contributed by atoms with E-state index in [1.807, 2.05) is 24.3 Å². The van der Waals surface area contributed by atoms with Crippen LogP contribution in [0.2, 0.25) is 0 Å². The number of para-hydroxylation sites is 1. The summed E-state index contributed by atoms with van der Waals surface area (Å²) in [5, 5.41) is 11.5. The maximum Gasteiger partial charge on any atom is 0.212 e. The van der Waals surface area contributed by atoms with Crippen molar-refractivity contribution in [3.63, 3.8) is 0 Å². The van der Waals surface area contributed by atoms with Crippen LogP contribution >= 0.6 is 0 Å². The molecular formula is C12H17N3O3S. The highest BCUT2D eigenvalue weighted by Crippen LogP contribution is 2.17. The molecule has 0 aliphatic rings. The molecule has 0 bridgehead atoms. The molecule has 2 N–H and O–H groups in total. The van der Waals surface area contributed by atoms with Crippen molar-refractivity contribution in [3.8, 4) is 11.8 Å². The van der Waals surface area contributed by atoms with Crippen LogP contribution in [0, 0.1) is 11.3 Å². The number of nitrogens with zero attached hydrogens (tertiary/aromatic N) is 1.